The molecule has 1 heterocycles. The van der Waals surface area contributed by atoms with Gasteiger partial charge in [-0.15, -0.1) is 0 Å². The summed E-state index contributed by atoms with van der Waals surface area (Å²) in [4.78, 5) is 38.4. The molecule has 1 fully saturated rings. The van der Waals surface area contributed by atoms with Crippen LogP contribution >= 0.6 is 11.6 Å². The van der Waals surface area contributed by atoms with Crippen LogP contribution in [-0.2, 0) is 16.0 Å². The van der Waals surface area contributed by atoms with Crippen LogP contribution in [-0.4, -0.2) is 23.8 Å². The third-order valence-electron chi connectivity index (χ3n) is 4.24. The molecule has 0 bridgehead atoms. The zero-order chi connectivity index (χ0) is 18.7. The topological polar surface area (TPSA) is 78.5 Å². The normalized spacial score (nSPS) is 16.8. The summed E-state index contributed by atoms with van der Waals surface area (Å²) in [5.74, 6) is -1.17. The van der Waals surface area contributed by atoms with E-state index in [1.54, 1.807) is 36.4 Å². The Morgan fingerprint density at radius 3 is 2.58 bits per heavy atom. The fraction of sp³-hybridized carbons (Fsp3) is 0.211. The first-order valence-electron chi connectivity index (χ1n) is 8.28. The molecule has 2 aromatic rings. The molecule has 2 aromatic carbocycles. The number of hydrogen-bond donors (Lipinski definition) is 2. The molecule has 134 valence electrons. The van der Waals surface area contributed by atoms with Crippen molar-refractivity contribution in [2.75, 3.05) is 4.90 Å². The van der Waals surface area contributed by atoms with E-state index in [4.69, 9.17) is 11.6 Å². The van der Waals surface area contributed by atoms with Gasteiger partial charge in [0, 0.05) is 0 Å². The molecule has 0 unspecified atom stereocenters. The number of amides is 3. The van der Waals surface area contributed by atoms with Crippen LogP contribution in [0.1, 0.15) is 29.3 Å². The summed E-state index contributed by atoms with van der Waals surface area (Å²) in [5, 5.41) is 0.305. The highest BCUT2D eigenvalue weighted by Crippen LogP contribution is 2.26. The van der Waals surface area contributed by atoms with E-state index in [2.05, 4.69) is 10.9 Å². The van der Waals surface area contributed by atoms with Gasteiger partial charge < -0.3 is 0 Å². The molecule has 0 saturated carbocycles. The SMILES string of the molecule is CCc1ccccc1N1C(=O)C[C@@H](NNC(=O)c2ccccc2Cl)C1=O. The molecule has 0 radical (unpaired) electrons. The summed E-state index contributed by atoms with van der Waals surface area (Å²) in [5.41, 5.74) is 6.90. The molecule has 3 amide bonds. The monoisotopic (exact) mass is 371 g/mol. The van der Waals surface area contributed by atoms with E-state index in [1.165, 1.54) is 4.90 Å². The minimum absolute atomic E-state index is 0.0281. The van der Waals surface area contributed by atoms with Crippen molar-refractivity contribution in [2.24, 2.45) is 0 Å². The smallest absolute Gasteiger partial charge is 0.266 e. The van der Waals surface area contributed by atoms with Crippen molar-refractivity contribution in [3.8, 4) is 0 Å². The van der Waals surface area contributed by atoms with Crippen LogP contribution in [0.4, 0.5) is 5.69 Å². The van der Waals surface area contributed by atoms with Crippen molar-refractivity contribution < 1.29 is 14.4 Å². The van der Waals surface area contributed by atoms with E-state index in [0.717, 1.165) is 5.56 Å². The maximum atomic E-state index is 12.7. The number of para-hydroxylation sites is 1. The van der Waals surface area contributed by atoms with Crippen LogP contribution in [0.5, 0.6) is 0 Å². The van der Waals surface area contributed by atoms with E-state index >= 15 is 0 Å². The number of rotatable bonds is 5. The van der Waals surface area contributed by atoms with Crippen LogP contribution in [0.15, 0.2) is 48.5 Å². The molecule has 6 nitrogen and oxygen atoms in total. The Hall–Kier alpha value is -2.70. The standard InChI is InChI=1S/C19H18ClN3O3/c1-2-12-7-3-6-10-16(12)23-17(24)11-15(19(23)26)21-22-18(25)13-8-4-5-9-14(13)20/h3-10,15,21H,2,11H2,1H3,(H,22,25)/t15-/m1/s1. The van der Waals surface area contributed by atoms with Crippen molar-refractivity contribution >= 4 is 35.0 Å². The number of halogens is 1. The largest absolute Gasteiger partial charge is 0.287 e. The Morgan fingerprint density at radius 1 is 1.15 bits per heavy atom. The summed E-state index contributed by atoms with van der Waals surface area (Å²) >= 11 is 5.99. The first kappa shape index (κ1) is 18.1. The summed E-state index contributed by atoms with van der Waals surface area (Å²) < 4.78 is 0. The van der Waals surface area contributed by atoms with Crippen LogP contribution in [0.25, 0.3) is 0 Å². The molecule has 7 heteroatoms. The Morgan fingerprint density at radius 2 is 1.85 bits per heavy atom. The number of nitrogens with one attached hydrogen (secondary N) is 2. The van der Waals surface area contributed by atoms with E-state index in [0.29, 0.717) is 17.1 Å². The van der Waals surface area contributed by atoms with Gasteiger partial charge in [0.15, 0.2) is 0 Å². The molecular weight excluding hydrogens is 354 g/mol. The van der Waals surface area contributed by atoms with Crippen molar-refractivity contribution in [3.05, 3.63) is 64.7 Å². The number of aryl methyl sites for hydroxylation is 1. The van der Waals surface area contributed by atoms with E-state index < -0.39 is 17.9 Å². The van der Waals surface area contributed by atoms with Gasteiger partial charge in [-0.25, -0.2) is 10.3 Å². The zero-order valence-electron chi connectivity index (χ0n) is 14.2. The van der Waals surface area contributed by atoms with Gasteiger partial charge in [0.05, 0.1) is 22.7 Å². The average molecular weight is 372 g/mol. The van der Waals surface area contributed by atoms with Gasteiger partial charge in [0.2, 0.25) is 5.91 Å². The molecule has 2 N–H and O–H groups in total. The fourth-order valence-corrected chi connectivity index (χ4v) is 3.11. The van der Waals surface area contributed by atoms with Crippen molar-refractivity contribution in [1.29, 1.82) is 0 Å². The highest BCUT2D eigenvalue weighted by molar-refractivity contribution is 6.33. The predicted molar refractivity (Wildman–Crippen MR) is 98.8 cm³/mol. The number of hydrogen-bond acceptors (Lipinski definition) is 4. The summed E-state index contributed by atoms with van der Waals surface area (Å²) in [6.45, 7) is 1.96. The minimum Gasteiger partial charge on any atom is -0.287 e. The van der Waals surface area contributed by atoms with Gasteiger partial charge in [0.25, 0.3) is 11.8 Å². The lowest BCUT2D eigenvalue weighted by atomic mass is 10.1. The van der Waals surface area contributed by atoms with Crippen molar-refractivity contribution in [3.63, 3.8) is 0 Å². The van der Waals surface area contributed by atoms with E-state index in [-0.39, 0.29) is 17.9 Å². The molecule has 0 aliphatic carbocycles. The maximum Gasteiger partial charge on any atom is 0.266 e. The number of hydrazine groups is 1. The molecule has 1 atom stereocenters. The lowest BCUT2D eigenvalue weighted by Gasteiger charge is -2.18. The van der Waals surface area contributed by atoms with Gasteiger partial charge >= 0.3 is 0 Å². The third kappa shape index (κ3) is 3.47. The second-order valence-electron chi connectivity index (χ2n) is 5.88. The Kier molecular flexibility index (Phi) is 5.35. The van der Waals surface area contributed by atoms with Gasteiger partial charge in [-0.3, -0.25) is 19.8 Å². The number of carbonyl (C=O) groups excluding carboxylic acids is 3. The third-order valence-corrected chi connectivity index (χ3v) is 4.57. The Labute approximate surface area is 156 Å². The van der Waals surface area contributed by atoms with Gasteiger partial charge in [0.1, 0.15) is 6.04 Å². The van der Waals surface area contributed by atoms with Gasteiger partial charge in [-0.05, 0) is 30.2 Å². The predicted octanol–water partition coefficient (Wildman–Crippen LogP) is 2.47. The van der Waals surface area contributed by atoms with Crippen molar-refractivity contribution in [1.82, 2.24) is 10.9 Å². The highest BCUT2D eigenvalue weighted by atomic mass is 35.5. The first-order chi connectivity index (χ1) is 12.5. The molecule has 0 spiro atoms. The summed E-state index contributed by atoms with van der Waals surface area (Å²) in [6.07, 6.45) is 0.675. The van der Waals surface area contributed by atoms with Crippen LogP contribution in [0, 0.1) is 0 Å². The van der Waals surface area contributed by atoms with Crippen LogP contribution in [0.3, 0.4) is 0 Å². The molecule has 3 rings (SSSR count). The first-order valence-corrected chi connectivity index (χ1v) is 8.65. The van der Waals surface area contributed by atoms with Crippen molar-refractivity contribution in [2.45, 2.75) is 25.8 Å². The molecule has 1 saturated heterocycles. The minimum atomic E-state index is -0.821. The molecule has 0 aromatic heterocycles. The Balaban J connectivity index is 1.71. The average Bonchev–Trinajstić information content (AvgIpc) is 2.93. The summed E-state index contributed by atoms with van der Waals surface area (Å²) in [6, 6.07) is 13.0. The number of imide groups is 1. The summed E-state index contributed by atoms with van der Waals surface area (Å²) in [7, 11) is 0. The number of carbonyl (C=O) groups is 3. The number of nitrogens with zero attached hydrogens (tertiary/aromatic N) is 1. The van der Waals surface area contributed by atoms with E-state index in [1.807, 2.05) is 19.1 Å². The highest BCUT2D eigenvalue weighted by Gasteiger charge is 2.40. The van der Waals surface area contributed by atoms with Crippen LogP contribution in [0.2, 0.25) is 5.02 Å². The molecule has 1 aliphatic heterocycles. The number of benzene rings is 2. The quantitative estimate of drug-likeness (QED) is 0.625. The lowest BCUT2D eigenvalue weighted by molar-refractivity contribution is -0.121. The molecule has 26 heavy (non-hydrogen) atoms. The van der Waals surface area contributed by atoms with Crippen LogP contribution < -0.4 is 15.8 Å². The second-order valence-corrected chi connectivity index (χ2v) is 6.29. The fourth-order valence-electron chi connectivity index (χ4n) is 2.89. The number of anilines is 1. The van der Waals surface area contributed by atoms with E-state index in [9.17, 15) is 14.4 Å². The lowest BCUT2D eigenvalue weighted by Crippen LogP contribution is -2.48. The maximum absolute atomic E-state index is 12.7. The Bertz CT molecular complexity index is 869. The van der Waals surface area contributed by atoms with Gasteiger partial charge in [-0.1, -0.05) is 48.9 Å². The molecular formula is C19H18ClN3O3. The zero-order valence-corrected chi connectivity index (χ0v) is 14.9. The van der Waals surface area contributed by atoms with Gasteiger partial charge in [-0.2, -0.15) is 0 Å². The second kappa shape index (κ2) is 7.68. The molecule has 1 aliphatic rings.